The van der Waals surface area contributed by atoms with E-state index in [0.717, 1.165) is 0 Å². The van der Waals surface area contributed by atoms with Crippen LogP contribution in [0, 0.1) is 0 Å². The van der Waals surface area contributed by atoms with Crippen LogP contribution in [0.3, 0.4) is 0 Å². The van der Waals surface area contributed by atoms with Crippen LogP contribution in [0.15, 0.2) is 16.6 Å². The normalized spacial score (nSPS) is 14.0. The monoisotopic (exact) mass is 311 g/mol. The molecule has 1 heterocycles. The van der Waals surface area contributed by atoms with Gasteiger partial charge in [0.1, 0.15) is 0 Å². The van der Waals surface area contributed by atoms with Crippen molar-refractivity contribution in [2.75, 3.05) is 11.4 Å². The molecule has 0 bridgehead atoms. The summed E-state index contributed by atoms with van der Waals surface area (Å²) in [6.07, 6.45) is 0.714. The maximum atomic E-state index is 11.8. The number of nitrogens with zero attached hydrogens (tertiary/aromatic N) is 1. The molecule has 94 valence electrons. The first-order valence-electron chi connectivity index (χ1n) is 5.40. The Morgan fingerprint density at radius 2 is 2.06 bits per heavy atom. The number of amides is 1. The van der Waals surface area contributed by atoms with Crippen LogP contribution >= 0.6 is 15.9 Å². The van der Waals surface area contributed by atoms with Crippen molar-refractivity contribution in [3.05, 3.63) is 27.7 Å². The number of Topliss-reactive ketones (excluding diaryl/α,β-unsaturated/α-hetero) is 1. The number of hydrogen-bond donors (Lipinski definition) is 1. The molecule has 0 spiro atoms. The number of hydrogen-bond acceptors (Lipinski definition) is 3. The summed E-state index contributed by atoms with van der Waals surface area (Å²) in [5.41, 5.74) is 0.609. The van der Waals surface area contributed by atoms with Gasteiger partial charge < -0.3 is 10.0 Å². The minimum absolute atomic E-state index is 0.0138. The molecular formula is C12H10BrNO4. The van der Waals surface area contributed by atoms with E-state index in [1.165, 1.54) is 17.0 Å². The van der Waals surface area contributed by atoms with Gasteiger partial charge in [-0.25, -0.2) is 4.79 Å². The molecule has 0 unspecified atom stereocenters. The Morgan fingerprint density at radius 3 is 2.61 bits per heavy atom. The first kappa shape index (κ1) is 12.8. The molecule has 18 heavy (non-hydrogen) atoms. The zero-order chi connectivity index (χ0) is 13.4. The molecule has 0 saturated heterocycles. The lowest BCUT2D eigenvalue weighted by atomic mass is 10.1. The highest BCUT2D eigenvalue weighted by atomic mass is 79.9. The van der Waals surface area contributed by atoms with E-state index in [9.17, 15) is 14.4 Å². The summed E-state index contributed by atoms with van der Waals surface area (Å²) in [6, 6.07) is 2.65. The third-order valence-electron chi connectivity index (χ3n) is 2.71. The first-order chi connectivity index (χ1) is 8.47. The van der Waals surface area contributed by atoms with E-state index in [-0.39, 0.29) is 11.1 Å². The maximum absolute atomic E-state index is 11.8. The predicted molar refractivity (Wildman–Crippen MR) is 68.1 cm³/mol. The number of carboxylic acids is 1. The van der Waals surface area contributed by atoms with Gasteiger partial charge in [0.25, 0.3) is 11.7 Å². The van der Waals surface area contributed by atoms with Gasteiger partial charge in [0.05, 0.1) is 16.8 Å². The van der Waals surface area contributed by atoms with Gasteiger partial charge in [0, 0.05) is 11.0 Å². The molecule has 0 aromatic heterocycles. The van der Waals surface area contributed by atoms with Crippen LogP contribution in [0.4, 0.5) is 5.69 Å². The molecule has 0 aliphatic carbocycles. The topological polar surface area (TPSA) is 74.7 Å². The van der Waals surface area contributed by atoms with Crippen molar-refractivity contribution in [3.63, 3.8) is 0 Å². The summed E-state index contributed by atoms with van der Waals surface area (Å²) < 4.78 is 0.449. The Balaban J connectivity index is 2.62. The van der Waals surface area contributed by atoms with Crippen LogP contribution in [0.2, 0.25) is 0 Å². The molecule has 0 radical (unpaired) electrons. The molecule has 5 nitrogen and oxygen atoms in total. The number of halogens is 1. The minimum atomic E-state index is -1.13. The number of carbonyl (C=O) groups excluding carboxylic acids is 2. The molecule has 0 fully saturated rings. The number of anilines is 1. The average molecular weight is 312 g/mol. The Kier molecular flexibility index (Phi) is 3.21. The van der Waals surface area contributed by atoms with Gasteiger partial charge in [-0.05, 0) is 34.5 Å². The third kappa shape index (κ3) is 1.82. The molecular weight excluding hydrogens is 302 g/mol. The lowest BCUT2D eigenvalue weighted by Gasteiger charge is -2.16. The summed E-state index contributed by atoms with van der Waals surface area (Å²) in [7, 11) is 0. The van der Waals surface area contributed by atoms with Crippen LogP contribution in [0.1, 0.15) is 34.1 Å². The van der Waals surface area contributed by atoms with Gasteiger partial charge in [-0.15, -0.1) is 0 Å². The Morgan fingerprint density at radius 1 is 1.39 bits per heavy atom. The van der Waals surface area contributed by atoms with Gasteiger partial charge in [-0.3, -0.25) is 9.59 Å². The number of aromatic carboxylic acids is 1. The molecule has 2 rings (SSSR count). The fraction of sp³-hybridized carbons (Fsp3) is 0.250. The van der Waals surface area contributed by atoms with Crippen molar-refractivity contribution in [3.8, 4) is 0 Å². The van der Waals surface area contributed by atoms with E-state index >= 15 is 0 Å². The summed E-state index contributed by atoms with van der Waals surface area (Å²) in [6.45, 7) is 2.33. The molecule has 1 aromatic rings. The maximum Gasteiger partial charge on any atom is 0.335 e. The van der Waals surface area contributed by atoms with Crippen molar-refractivity contribution in [1.82, 2.24) is 0 Å². The zero-order valence-corrected chi connectivity index (χ0v) is 11.2. The number of carbonyl (C=O) groups is 3. The molecule has 1 aliphatic rings. The molecule has 1 N–H and O–H groups in total. The number of rotatable bonds is 3. The predicted octanol–water partition coefficient (Wildman–Crippen LogP) is 2.09. The van der Waals surface area contributed by atoms with E-state index in [0.29, 0.717) is 23.1 Å². The quantitative estimate of drug-likeness (QED) is 0.867. The molecule has 1 aliphatic heterocycles. The van der Waals surface area contributed by atoms with Crippen molar-refractivity contribution in [2.24, 2.45) is 0 Å². The van der Waals surface area contributed by atoms with E-state index in [2.05, 4.69) is 15.9 Å². The van der Waals surface area contributed by atoms with Crippen LogP contribution < -0.4 is 4.90 Å². The van der Waals surface area contributed by atoms with Crippen molar-refractivity contribution in [2.45, 2.75) is 13.3 Å². The van der Waals surface area contributed by atoms with E-state index in [1.54, 1.807) is 0 Å². The lowest BCUT2D eigenvalue weighted by molar-refractivity contribution is -0.114. The van der Waals surface area contributed by atoms with Crippen molar-refractivity contribution < 1.29 is 19.5 Å². The third-order valence-corrected chi connectivity index (χ3v) is 3.32. The highest BCUT2D eigenvalue weighted by Crippen LogP contribution is 2.37. The molecule has 6 heteroatoms. The Bertz CT molecular complexity index is 567. The lowest BCUT2D eigenvalue weighted by Crippen LogP contribution is -2.30. The van der Waals surface area contributed by atoms with E-state index < -0.39 is 17.7 Å². The number of benzene rings is 1. The molecule has 0 saturated carbocycles. The second kappa shape index (κ2) is 4.53. The van der Waals surface area contributed by atoms with Crippen LogP contribution in [0.5, 0.6) is 0 Å². The number of fused-ring (bicyclic) bond motifs is 1. The standard InChI is InChI=1S/C12H10BrNO4/c1-2-3-14-9-7(10(15)11(14)16)4-6(12(17)18)5-8(9)13/h4-5H,2-3H2,1H3,(H,17,18). The van der Waals surface area contributed by atoms with Gasteiger partial charge in [0.15, 0.2) is 0 Å². The Labute approximate surface area is 112 Å². The highest BCUT2D eigenvalue weighted by Gasteiger charge is 2.37. The molecule has 0 atom stereocenters. The fourth-order valence-electron chi connectivity index (χ4n) is 1.95. The summed E-state index contributed by atoms with van der Waals surface area (Å²) >= 11 is 3.22. The second-order valence-corrected chi connectivity index (χ2v) is 4.80. The summed E-state index contributed by atoms with van der Waals surface area (Å²) in [5, 5.41) is 8.93. The molecule has 1 amide bonds. The Hall–Kier alpha value is -1.69. The zero-order valence-electron chi connectivity index (χ0n) is 9.57. The van der Waals surface area contributed by atoms with Crippen LogP contribution in [0.25, 0.3) is 0 Å². The van der Waals surface area contributed by atoms with Crippen molar-refractivity contribution >= 4 is 39.3 Å². The van der Waals surface area contributed by atoms with Gasteiger partial charge >= 0.3 is 5.97 Å². The van der Waals surface area contributed by atoms with Gasteiger partial charge in [-0.2, -0.15) is 0 Å². The largest absolute Gasteiger partial charge is 0.478 e. The summed E-state index contributed by atoms with van der Waals surface area (Å²) in [5.74, 6) is -2.38. The highest BCUT2D eigenvalue weighted by molar-refractivity contribution is 9.10. The second-order valence-electron chi connectivity index (χ2n) is 3.95. The van der Waals surface area contributed by atoms with Gasteiger partial charge in [-0.1, -0.05) is 6.92 Å². The van der Waals surface area contributed by atoms with Crippen LogP contribution in [-0.4, -0.2) is 29.3 Å². The van der Waals surface area contributed by atoms with Crippen molar-refractivity contribution in [1.29, 1.82) is 0 Å². The number of carboxylic acid groups (broad SMARTS) is 1. The van der Waals surface area contributed by atoms with Gasteiger partial charge in [0.2, 0.25) is 0 Å². The average Bonchev–Trinajstić information content (AvgIpc) is 2.55. The van der Waals surface area contributed by atoms with E-state index in [1.807, 2.05) is 6.92 Å². The fourth-order valence-corrected chi connectivity index (χ4v) is 2.62. The minimum Gasteiger partial charge on any atom is -0.478 e. The van der Waals surface area contributed by atoms with E-state index in [4.69, 9.17) is 5.11 Å². The smallest absolute Gasteiger partial charge is 0.335 e. The van der Waals surface area contributed by atoms with Crippen LogP contribution in [-0.2, 0) is 4.79 Å². The molecule has 1 aromatic carbocycles. The number of ketones is 1. The SMILES string of the molecule is CCCN1C(=O)C(=O)c2cc(C(=O)O)cc(Br)c21. The summed E-state index contributed by atoms with van der Waals surface area (Å²) in [4.78, 5) is 35.9. The first-order valence-corrected chi connectivity index (χ1v) is 6.19.